The van der Waals surface area contributed by atoms with E-state index in [4.69, 9.17) is 27.9 Å². The van der Waals surface area contributed by atoms with Crippen LogP contribution in [-0.4, -0.2) is 16.9 Å². The lowest BCUT2D eigenvalue weighted by molar-refractivity contribution is 0.414. The molecule has 1 heterocycles. The van der Waals surface area contributed by atoms with Gasteiger partial charge in [0.2, 0.25) is 0 Å². The van der Waals surface area contributed by atoms with Gasteiger partial charge in [0.15, 0.2) is 0 Å². The molecule has 5 heteroatoms. The Morgan fingerprint density at radius 2 is 2.19 bits per heavy atom. The Morgan fingerprint density at radius 1 is 1.38 bits per heavy atom. The van der Waals surface area contributed by atoms with Crippen LogP contribution in [0.3, 0.4) is 0 Å². The number of hydrogen-bond donors (Lipinski definition) is 0. The van der Waals surface area contributed by atoms with Gasteiger partial charge in [-0.1, -0.05) is 11.6 Å². The summed E-state index contributed by atoms with van der Waals surface area (Å²) in [5.41, 5.74) is 1.58. The molecule has 16 heavy (non-hydrogen) atoms. The summed E-state index contributed by atoms with van der Waals surface area (Å²) in [4.78, 5) is 0. The van der Waals surface area contributed by atoms with Crippen molar-refractivity contribution in [3.05, 3.63) is 41.2 Å². The van der Waals surface area contributed by atoms with Crippen LogP contribution in [-0.2, 0) is 5.88 Å². The Morgan fingerprint density at radius 3 is 2.81 bits per heavy atom. The Hall–Kier alpha value is -1.19. The van der Waals surface area contributed by atoms with Crippen LogP contribution < -0.4 is 4.74 Å². The third kappa shape index (κ3) is 2.15. The molecule has 0 amide bonds. The molecule has 84 valence electrons. The predicted molar refractivity (Wildman–Crippen MR) is 64.7 cm³/mol. The van der Waals surface area contributed by atoms with Crippen molar-refractivity contribution in [3.8, 4) is 11.4 Å². The summed E-state index contributed by atoms with van der Waals surface area (Å²) in [6.07, 6.45) is 1.82. The number of nitrogens with zero attached hydrogens (tertiary/aromatic N) is 2. The summed E-state index contributed by atoms with van der Waals surface area (Å²) in [7, 11) is 1.61. The van der Waals surface area contributed by atoms with Crippen LogP contribution >= 0.6 is 23.2 Å². The highest BCUT2D eigenvalue weighted by atomic mass is 35.5. The van der Waals surface area contributed by atoms with Gasteiger partial charge in [0, 0.05) is 12.3 Å². The van der Waals surface area contributed by atoms with E-state index in [1.54, 1.807) is 23.9 Å². The number of rotatable bonds is 3. The van der Waals surface area contributed by atoms with Gasteiger partial charge in [0.25, 0.3) is 0 Å². The Labute approximate surface area is 104 Å². The lowest BCUT2D eigenvalue weighted by atomic mass is 10.3. The molecule has 1 aromatic heterocycles. The number of hydrogen-bond acceptors (Lipinski definition) is 2. The lowest BCUT2D eigenvalue weighted by Crippen LogP contribution is -1.97. The van der Waals surface area contributed by atoms with E-state index in [9.17, 15) is 0 Å². The quantitative estimate of drug-likeness (QED) is 0.789. The molecule has 0 saturated heterocycles. The van der Waals surface area contributed by atoms with Crippen LogP contribution in [0.4, 0.5) is 0 Å². The SMILES string of the molecule is COc1ccc(Cl)c(-n2ccc(CCl)n2)c1. The predicted octanol–water partition coefficient (Wildman–Crippen LogP) is 3.27. The molecule has 3 nitrogen and oxygen atoms in total. The van der Waals surface area contributed by atoms with Crippen LogP contribution in [0.25, 0.3) is 5.69 Å². The van der Waals surface area contributed by atoms with Gasteiger partial charge in [0.1, 0.15) is 5.75 Å². The smallest absolute Gasteiger partial charge is 0.121 e. The fourth-order valence-corrected chi connectivity index (χ4v) is 1.71. The zero-order chi connectivity index (χ0) is 11.5. The van der Waals surface area contributed by atoms with E-state index >= 15 is 0 Å². The zero-order valence-corrected chi connectivity index (χ0v) is 10.2. The molecule has 0 N–H and O–H groups in total. The van der Waals surface area contributed by atoms with Gasteiger partial charge in [0.05, 0.1) is 29.4 Å². The normalized spacial score (nSPS) is 10.4. The van der Waals surface area contributed by atoms with E-state index in [1.165, 1.54) is 0 Å². The summed E-state index contributed by atoms with van der Waals surface area (Å²) in [6.45, 7) is 0. The van der Waals surface area contributed by atoms with E-state index in [1.807, 2.05) is 18.3 Å². The molecular formula is C11H10Cl2N2O. The number of methoxy groups -OCH3 is 1. The average molecular weight is 257 g/mol. The molecule has 0 unspecified atom stereocenters. The minimum atomic E-state index is 0.384. The fraction of sp³-hybridized carbons (Fsp3) is 0.182. The number of aromatic nitrogens is 2. The lowest BCUT2D eigenvalue weighted by Gasteiger charge is -2.06. The van der Waals surface area contributed by atoms with Gasteiger partial charge in [-0.3, -0.25) is 0 Å². The highest BCUT2D eigenvalue weighted by Gasteiger charge is 2.06. The van der Waals surface area contributed by atoms with E-state index in [0.717, 1.165) is 17.1 Å². The molecule has 0 saturated carbocycles. The second-order valence-electron chi connectivity index (χ2n) is 3.20. The minimum Gasteiger partial charge on any atom is -0.497 e. The van der Waals surface area contributed by atoms with E-state index < -0.39 is 0 Å². The maximum Gasteiger partial charge on any atom is 0.121 e. The first kappa shape index (κ1) is 11.3. The third-order valence-corrected chi connectivity index (χ3v) is 2.77. The summed E-state index contributed by atoms with van der Waals surface area (Å²) in [5, 5.41) is 4.90. The first-order valence-electron chi connectivity index (χ1n) is 4.69. The van der Waals surface area contributed by atoms with Crippen LogP contribution in [0.5, 0.6) is 5.75 Å². The molecule has 0 bridgehead atoms. The molecule has 2 aromatic rings. The second kappa shape index (κ2) is 4.76. The molecule has 0 atom stereocenters. The topological polar surface area (TPSA) is 27.1 Å². The van der Waals surface area contributed by atoms with Crippen molar-refractivity contribution in [1.82, 2.24) is 9.78 Å². The first-order chi connectivity index (χ1) is 7.74. The third-order valence-electron chi connectivity index (χ3n) is 2.18. The van der Waals surface area contributed by atoms with Crippen molar-refractivity contribution in [2.24, 2.45) is 0 Å². The first-order valence-corrected chi connectivity index (χ1v) is 5.60. The Bertz CT molecular complexity index is 496. The van der Waals surface area contributed by atoms with Gasteiger partial charge in [-0.25, -0.2) is 4.68 Å². The monoisotopic (exact) mass is 256 g/mol. The van der Waals surface area contributed by atoms with Gasteiger partial charge < -0.3 is 4.74 Å². The summed E-state index contributed by atoms with van der Waals surface area (Å²) in [5.74, 6) is 1.12. The molecule has 0 aliphatic heterocycles. The summed E-state index contributed by atoms with van der Waals surface area (Å²) >= 11 is 11.8. The molecule has 2 rings (SSSR count). The summed E-state index contributed by atoms with van der Waals surface area (Å²) < 4.78 is 6.82. The second-order valence-corrected chi connectivity index (χ2v) is 3.88. The molecule has 0 aliphatic rings. The van der Waals surface area contributed by atoms with Crippen molar-refractivity contribution in [3.63, 3.8) is 0 Å². The number of halogens is 2. The van der Waals surface area contributed by atoms with Crippen molar-refractivity contribution < 1.29 is 4.74 Å². The minimum absolute atomic E-state index is 0.384. The highest BCUT2D eigenvalue weighted by Crippen LogP contribution is 2.25. The van der Waals surface area contributed by atoms with E-state index in [-0.39, 0.29) is 0 Å². The largest absolute Gasteiger partial charge is 0.497 e. The summed E-state index contributed by atoms with van der Waals surface area (Å²) in [6, 6.07) is 7.26. The van der Waals surface area contributed by atoms with Gasteiger partial charge in [-0.15, -0.1) is 11.6 Å². The number of benzene rings is 1. The maximum absolute atomic E-state index is 6.09. The van der Waals surface area contributed by atoms with Crippen LogP contribution in [0, 0.1) is 0 Å². The number of alkyl halides is 1. The Balaban J connectivity index is 2.45. The zero-order valence-electron chi connectivity index (χ0n) is 8.65. The van der Waals surface area contributed by atoms with Gasteiger partial charge in [-0.05, 0) is 18.2 Å². The maximum atomic E-state index is 6.09. The molecule has 0 aliphatic carbocycles. The van der Waals surface area contributed by atoms with Crippen LogP contribution in [0.1, 0.15) is 5.69 Å². The Kier molecular flexibility index (Phi) is 3.36. The van der Waals surface area contributed by atoms with E-state index in [2.05, 4.69) is 5.10 Å². The fourth-order valence-electron chi connectivity index (χ4n) is 1.36. The van der Waals surface area contributed by atoms with E-state index in [0.29, 0.717) is 10.9 Å². The molecule has 1 aromatic carbocycles. The molecule has 0 spiro atoms. The molecule has 0 radical (unpaired) electrons. The van der Waals surface area contributed by atoms with Crippen molar-refractivity contribution in [2.75, 3.05) is 7.11 Å². The molecular weight excluding hydrogens is 247 g/mol. The van der Waals surface area contributed by atoms with Crippen LogP contribution in [0.15, 0.2) is 30.5 Å². The number of ether oxygens (including phenoxy) is 1. The van der Waals surface area contributed by atoms with Gasteiger partial charge >= 0.3 is 0 Å². The van der Waals surface area contributed by atoms with Gasteiger partial charge in [-0.2, -0.15) is 5.10 Å². The van der Waals surface area contributed by atoms with Crippen molar-refractivity contribution >= 4 is 23.2 Å². The van der Waals surface area contributed by atoms with Crippen molar-refractivity contribution in [2.45, 2.75) is 5.88 Å². The molecule has 0 fully saturated rings. The van der Waals surface area contributed by atoms with Crippen molar-refractivity contribution in [1.29, 1.82) is 0 Å². The average Bonchev–Trinajstić information content (AvgIpc) is 2.78. The highest BCUT2D eigenvalue weighted by molar-refractivity contribution is 6.32. The van der Waals surface area contributed by atoms with Crippen LogP contribution in [0.2, 0.25) is 5.02 Å². The standard InChI is InChI=1S/C11H10Cl2N2O/c1-16-9-2-3-10(13)11(6-9)15-5-4-8(7-12)14-15/h2-6H,7H2,1H3.